The maximum atomic E-state index is 12.7. The van der Waals surface area contributed by atoms with E-state index in [1.807, 2.05) is 0 Å². The molecule has 0 aliphatic carbocycles. The molecule has 2 rings (SSSR count). The minimum atomic E-state index is -5.32. The third-order valence-electron chi connectivity index (χ3n) is 3.22. The standard InChI is InChI=1S/C12H13BrF3NO2S/c13-9-5-7-17(8-6-9)10-3-1-2-4-11(10)20(18,19)12(14,15)16/h1-4,9H,5-8H2. The Morgan fingerprint density at radius 2 is 1.70 bits per heavy atom. The van der Waals surface area contributed by atoms with Gasteiger partial charge in [0.25, 0.3) is 9.84 Å². The molecule has 0 spiro atoms. The van der Waals surface area contributed by atoms with Crippen LogP contribution in [0, 0.1) is 0 Å². The zero-order valence-electron chi connectivity index (χ0n) is 10.4. The molecular weight excluding hydrogens is 359 g/mol. The van der Waals surface area contributed by atoms with Gasteiger partial charge < -0.3 is 4.90 Å². The predicted octanol–water partition coefficient (Wildman–Crippen LogP) is 3.34. The van der Waals surface area contributed by atoms with E-state index in [4.69, 9.17) is 0 Å². The van der Waals surface area contributed by atoms with E-state index in [9.17, 15) is 21.6 Å². The summed E-state index contributed by atoms with van der Waals surface area (Å²) in [6.45, 7) is 1.06. The van der Waals surface area contributed by atoms with E-state index in [2.05, 4.69) is 15.9 Å². The van der Waals surface area contributed by atoms with Crippen LogP contribution in [0.2, 0.25) is 0 Å². The lowest BCUT2D eigenvalue weighted by Crippen LogP contribution is -2.35. The van der Waals surface area contributed by atoms with Gasteiger partial charge >= 0.3 is 5.51 Å². The molecule has 112 valence electrons. The van der Waals surface area contributed by atoms with Crippen LogP contribution in [-0.4, -0.2) is 31.8 Å². The van der Waals surface area contributed by atoms with Gasteiger partial charge in [0.05, 0.1) is 10.6 Å². The highest BCUT2D eigenvalue weighted by Crippen LogP contribution is 2.36. The van der Waals surface area contributed by atoms with Crippen LogP contribution in [0.4, 0.5) is 18.9 Å². The molecular formula is C12H13BrF3NO2S. The topological polar surface area (TPSA) is 37.4 Å². The molecule has 0 aromatic heterocycles. The summed E-state index contributed by atoms with van der Waals surface area (Å²) in [7, 11) is -5.32. The summed E-state index contributed by atoms with van der Waals surface area (Å²) >= 11 is 3.45. The van der Waals surface area contributed by atoms with E-state index in [-0.39, 0.29) is 5.69 Å². The first-order valence-electron chi connectivity index (χ1n) is 6.03. The molecule has 0 radical (unpaired) electrons. The van der Waals surface area contributed by atoms with Crippen LogP contribution in [0.3, 0.4) is 0 Å². The molecule has 0 bridgehead atoms. The summed E-state index contributed by atoms with van der Waals surface area (Å²) in [6.07, 6.45) is 1.53. The molecule has 0 saturated carbocycles. The van der Waals surface area contributed by atoms with E-state index < -0.39 is 20.2 Å². The van der Waals surface area contributed by atoms with Crippen LogP contribution < -0.4 is 4.90 Å². The van der Waals surface area contributed by atoms with E-state index >= 15 is 0 Å². The van der Waals surface area contributed by atoms with Gasteiger partial charge in [-0.15, -0.1) is 0 Å². The smallest absolute Gasteiger partial charge is 0.370 e. The second-order valence-electron chi connectivity index (χ2n) is 4.58. The van der Waals surface area contributed by atoms with Crippen molar-refractivity contribution in [2.45, 2.75) is 28.1 Å². The van der Waals surface area contributed by atoms with Crippen LogP contribution in [0.1, 0.15) is 12.8 Å². The number of hydrogen-bond acceptors (Lipinski definition) is 3. The Balaban J connectivity index is 2.42. The van der Waals surface area contributed by atoms with Gasteiger partial charge in [0.1, 0.15) is 0 Å². The molecule has 1 aromatic carbocycles. The second-order valence-corrected chi connectivity index (χ2v) is 7.78. The molecule has 0 atom stereocenters. The van der Waals surface area contributed by atoms with Crippen molar-refractivity contribution >= 4 is 31.5 Å². The van der Waals surface area contributed by atoms with Crippen molar-refractivity contribution in [2.75, 3.05) is 18.0 Å². The van der Waals surface area contributed by atoms with Gasteiger partial charge in [-0.05, 0) is 25.0 Å². The Bertz CT molecular complexity index is 581. The van der Waals surface area contributed by atoms with Crippen molar-refractivity contribution in [3.63, 3.8) is 0 Å². The van der Waals surface area contributed by atoms with Crippen molar-refractivity contribution < 1.29 is 21.6 Å². The predicted molar refractivity (Wildman–Crippen MR) is 73.8 cm³/mol. The maximum Gasteiger partial charge on any atom is 0.501 e. The lowest BCUT2D eigenvalue weighted by atomic mass is 10.1. The Hall–Kier alpha value is -0.760. The van der Waals surface area contributed by atoms with E-state index in [1.165, 1.54) is 12.1 Å². The molecule has 1 aliphatic heterocycles. The average Bonchev–Trinajstić information content (AvgIpc) is 2.38. The monoisotopic (exact) mass is 371 g/mol. The van der Waals surface area contributed by atoms with Gasteiger partial charge in [-0.25, -0.2) is 8.42 Å². The highest BCUT2D eigenvalue weighted by molar-refractivity contribution is 9.09. The molecule has 1 aromatic rings. The van der Waals surface area contributed by atoms with Gasteiger partial charge in [0.15, 0.2) is 0 Å². The molecule has 0 unspecified atom stereocenters. The van der Waals surface area contributed by atoms with Crippen LogP contribution in [0.5, 0.6) is 0 Å². The van der Waals surface area contributed by atoms with Gasteiger partial charge in [-0.2, -0.15) is 13.2 Å². The molecule has 1 fully saturated rings. The fraction of sp³-hybridized carbons (Fsp3) is 0.500. The number of hydrogen-bond donors (Lipinski definition) is 0. The quantitative estimate of drug-likeness (QED) is 0.748. The number of anilines is 1. The normalized spacial score (nSPS) is 18.3. The number of alkyl halides is 4. The Kier molecular flexibility index (Phi) is 4.34. The van der Waals surface area contributed by atoms with E-state index in [1.54, 1.807) is 11.0 Å². The SMILES string of the molecule is O=S(=O)(c1ccccc1N1CCC(Br)CC1)C(F)(F)F. The highest BCUT2D eigenvalue weighted by Gasteiger charge is 2.48. The molecule has 1 heterocycles. The molecule has 8 heteroatoms. The third-order valence-corrected chi connectivity index (χ3v) is 5.67. The van der Waals surface area contributed by atoms with Crippen LogP contribution in [0.15, 0.2) is 29.2 Å². The highest BCUT2D eigenvalue weighted by atomic mass is 79.9. The molecule has 1 saturated heterocycles. The summed E-state index contributed by atoms with van der Waals surface area (Å²) in [5.41, 5.74) is -5.15. The van der Waals surface area contributed by atoms with E-state index in [0.717, 1.165) is 18.9 Å². The summed E-state index contributed by atoms with van der Waals surface area (Å²) < 4.78 is 61.4. The number of rotatable bonds is 2. The molecule has 20 heavy (non-hydrogen) atoms. The zero-order chi connectivity index (χ0) is 15.0. The first kappa shape index (κ1) is 15.6. The fourth-order valence-electron chi connectivity index (χ4n) is 2.16. The lowest BCUT2D eigenvalue weighted by molar-refractivity contribution is -0.0435. The number of nitrogens with zero attached hydrogens (tertiary/aromatic N) is 1. The molecule has 0 amide bonds. The minimum Gasteiger partial charge on any atom is -0.370 e. The zero-order valence-corrected chi connectivity index (χ0v) is 12.8. The second kappa shape index (κ2) is 5.55. The van der Waals surface area contributed by atoms with Gasteiger partial charge in [-0.1, -0.05) is 28.1 Å². The number of benzene rings is 1. The third kappa shape index (κ3) is 2.95. The largest absolute Gasteiger partial charge is 0.501 e. The van der Waals surface area contributed by atoms with Crippen molar-refractivity contribution in [1.29, 1.82) is 0 Å². The average molecular weight is 372 g/mol. The van der Waals surface area contributed by atoms with Crippen LogP contribution >= 0.6 is 15.9 Å². The minimum absolute atomic E-state index is 0.129. The van der Waals surface area contributed by atoms with E-state index in [0.29, 0.717) is 17.9 Å². The van der Waals surface area contributed by atoms with Gasteiger partial charge in [0, 0.05) is 17.9 Å². The Morgan fingerprint density at radius 1 is 1.15 bits per heavy atom. The lowest BCUT2D eigenvalue weighted by Gasteiger charge is -2.32. The summed E-state index contributed by atoms with van der Waals surface area (Å²) in [5, 5.41) is 0. The maximum absolute atomic E-state index is 12.7. The number of piperidine rings is 1. The number of para-hydroxylation sites is 1. The van der Waals surface area contributed by atoms with Crippen molar-refractivity contribution in [1.82, 2.24) is 0 Å². The fourth-order valence-corrected chi connectivity index (χ4v) is 3.55. The summed E-state index contributed by atoms with van der Waals surface area (Å²) in [5.74, 6) is 0. The first-order chi connectivity index (χ1) is 9.23. The first-order valence-corrected chi connectivity index (χ1v) is 8.43. The molecule has 3 nitrogen and oxygen atoms in total. The Labute approximate surface area is 123 Å². The van der Waals surface area contributed by atoms with Crippen molar-refractivity contribution in [2.24, 2.45) is 0 Å². The van der Waals surface area contributed by atoms with Gasteiger partial charge in [-0.3, -0.25) is 0 Å². The van der Waals surface area contributed by atoms with Gasteiger partial charge in [0.2, 0.25) is 0 Å². The summed E-state index contributed by atoms with van der Waals surface area (Å²) in [6, 6.07) is 5.29. The molecule has 1 aliphatic rings. The number of sulfone groups is 1. The summed E-state index contributed by atoms with van der Waals surface area (Å²) in [4.78, 5) is 1.35. The van der Waals surface area contributed by atoms with Crippen LogP contribution in [0.25, 0.3) is 0 Å². The molecule has 0 N–H and O–H groups in total. The van der Waals surface area contributed by atoms with Crippen molar-refractivity contribution in [3.8, 4) is 0 Å². The Morgan fingerprint density at radius 3 is 2.25 bits per heavy atom. The van der Waals surface area contributed by atoms with Crippen LogP contribution in [-0.2, 0) is 9.84 Å². The number of halogens is 4. The van der Waals surface area contributed by atoms with Crippen molar-refractivity contribution in [3.05, 3.63) is 24.3 Å².